The Labute approximate surface area is 88.8 Å². The number of hydrogen-bond acceptors (Lipinski definition) is 2. The van der Waals surface area contributed by atoms with E-state index in [1.54, 1.807) is 0 Å². The molecule has 14 heavy (non-hydrogen) atoms. The standard InChI is InChI=1S/C12H26N2/c1-10(2)12(3,4)9-14-8-11-5-6-13-7-11/h10-11,13-14H,5-9H2,1-4H3. The highest BCUT2D eigenvalue weighted by Crippen LogP contribution is 2.24. The summed E-state index contributed by atoms with van der Waals surface area (Å²) in [5.41, 5.74) is 0.423. The van der Waals surface area contributed by atoms with E-state index in [1.807, 2.05) is 0 Å². The van der Waals surface area contributed by atoms with Crippen LogP contribution in [0.2, 0.25) is 0 Å². The molecule has 2 N–H and O–H groups in total. The first-order valence-electron chi connectivity index (χ1n) is 5.94. The molecular weight excluding hydrogens is 172 g/mol. The summed E-state index contributed by atoms with van der Waals surface area (Å²) < 4.78 is 0. The summed E-state index contributed by atoms with van der Waals surface area (Å²) in [4.78, 5) is 0. The molecule has 1 fully saturated rings. The third-order valence-corrected chi connectivity index (χ3v) is 3.74. The average molecular weight is 198 g/mol. The van der Waals surface area contributed by atoms with Crippen LogP contribution in [0.3, 0.4) is 0 Å². The minimum atomic E-state index is 0.423. The lowest BCUT2D eigenvalue weighted by atomic mass is 9.81. The third-order valence-electron chi connectivity index (χ3n) is 3.74. The molecule has 1 saturated heterocycles. The average Bonchev–Trinajstić information content (AvgIpc) is 2.56. The van der Waals surface area contributed by atoms with Crippen LogP contribution in [0.4, 0.5) is 0 Å². The Morgan fingerprint density at radius 1 is 1.43 bits per heavy atom. The maximum Gasteiger partial charge on any atom is 0.000509 e. The van der Waals surface area contributed by atoms with Crippen molar-refractivity contribution >= 4 is 0 Å². The number of rotatable bonds is 5. The van der Waals surface area contributed by atoms with Crippen LogP contribution in [-0.4, -0.2) is 26.2 Å². The van der Waals surface area contributed by atoms with Crippen LogP contribution in [0, 0.1) is 17.3 Å². The molecule has 1 unspecified atom stereocenters. The lowest BCUT2D eigenvalue weighted by Gasteiger charge is -2.30. The molecule has 0 amide bonds. The topological polar surface area (TPSA) is 24.1 Å². The second-order valence-electron chi connectivity index (χ2n) is 5.63. The second kappa shape index (κ2) is 5.13. The van der Waals surface area contributed by atoms with Crippen molar-refractivity contribution in [2.75, 3.05) is 26.2 Å². The molecule has 2 heteroatoms. The van der Waals surface area contributed by atoms with Crippen molar-refractivity contribution in [2.45, 2.75) is 34.1 Å². The minimum Gasteiger partial charge on any atom is -0.316 e. The smallest absolute Gasteiger partial charge is 0.000509 e. The van der Waals surface area contributed by atoms with E-state index in [1.165, 1.54) is 26.1 Å². The van der Waals surface area contributed by atoms with E-state index in [0.29, 0.717) is 5.41 Å². The highest BCUT2D eigenvalue weighted by molar-refractivity contribution is 4.78. The van der Waals surface area contributed by atoms with Crippen LogP contribution < -0.4 is 10.6 Å². The molecule has 1 rings (SSSR count). The summed E-state index contributed by atoms with van der Waals surface area (Å²) in [6, 6.07) is 0. The van der Waals surface area contributed by atoms with Gasteiger partial charge in [-0.1, -0.05) is 27.7 Å². The molecule has 1 aliphatic rings. The van der Waals surface area contributed by atoms with Crippen molar-refractivity contribution in [2.24, 2.45) is 17.3 Å². The first-order chi connectivity index (χ1) is 6.52. The van der Waals surface area contributed by atoms with Gasteiger partial charge in [0.15, 0.2) is 0 Å². The zero-order chi connectivity index (χ0) is 10.6. The van der Waals surface area contributed by atoms with Crippen molar-refractivity contribution < 1.29 is 0 Å². The van der Waals surface area contributed by atoms with E-state index in [-0.39, 0.29) is 0 Å². The Kier molecular flexibility index (Phi) is 4.39. The zero-order valence-electron chi connectivity index (χ0n) is 10.2. The van der Waals surface area contributed by atoms with E-state index in [0.717, 1.165) is 18.4 Å². The fourth-order valence-corrected chi connectivity index (χ4v) is 1.69. The molecule has 84 valence electrons. The molecule has 1 heterocycles. The Morgan fingerprint density at radius 3 is 2.64 bits per heavy atom. The first kappa shape index (κ1) is 12.0. The molecule has 0 spiro atoms. The Morgan fingerprint density at radius 2 is 2.14 bits per heavy atom. The van der Waals surface area contributed by atoms with Gasteiger partial charge in [0.1, 0.15) is 0 Å². The Bertz CT molecular complexity index is 158. The predicted molar refractivity (Wildman–Crippen MR) is 62.5 cm³/mol. The van der Waals surface area contributed by atoms with Crippen molar-refractivity contribution in [1.29, 1.82) is 0 Å². The van der Waals surface area contributed by atoms with Crippen LogP contribution in [0.5, 0.6) is 0 Å². The first-order valence-corrected chi connectivity index (χ1v) is 5.94. The van der Waals surface area contributed by atoms with Gasteiger partial charge in [-0.3, -0.25) is 0 Å². The molecule has 1 atom stereocenters. The highest BCUT2D eigenvalue weighted by atomic mass is 14.9. The molecule has 0 radical (unpaired) electrons. The van der Waals surface area contributed by atoms with Gasteiger partial charge in [-0.05, 0) is 43.3 Å². The molecule has 0 aliphatic carbocycles. The van der Waals surface area contributed by atoms with Crippen molar-refractivity contribution in [3.63, 3.8) is 0 Å². The summed E-state index contributed by atoms with van der Waals surface area (Å²) in [6.45, 7) is 14.0. The van der Waals surface area contributed by atoms with Crippen LogP contribution in [0.25, 0.3) is 0 Å². The van der Waals surface area contributed by atoms with E-state index in [2.05, 4.69) is 38.3 Å². The van der Waals surface area contributed by atoms with E-state index < -0.39 is 0 Å². The fraction of sp³-hybridized carbons (Fsp3) is 1.00. The molecule has 1 aliphatic heterocycles. The molecule has 0 bridgehead atoms. The maximum atomic E-state index is 3.61. The highest BCUT2D eigenvalue weighted by Gasteiger charge is 2.22. The maximum absolute atomic E-state index is 3.61. The van der Waals surface area contributed by atoms with Crippen LogP contribution in [0.15, 0.2) is 0 Å². The molecule has 0 aromatic rings. The Hall–Kier alpha value is -0.0800. The predicted octanol–water partition coefficient (Wildman–Crippen LogP) is 1.87. The fourth-order valence-electron chi connectivity index (χ4n) is 1.69. The minimum absolute atomic E-state index is 0.423. The van der Waals surface area contributed by atoms with Gasteiger partial charge in [-0.25, -0.2) is 0 Å². The van der Waals surface area contributed by atoms with Crippen LogP contribution in [-0.2, 0) is 0 Å². The SMILES string of the molecule is CC(C)C(C)(C)CNCC1CCNC1. The van der Waals surface area contributed by atoms with Gasteiger partial charge in [-0.2, -0.15) is 0 Å². The zero-order valence-corrected chi connectivity index (χ0v) is 10.2. The normalized spacial score (nSPS) is 23.4. The summed E-state index contributed by atoms with van der Waals surface area (Å²) in [7, 11) is 0. The lowest BCUT2D eigenvalue weighted by Crippen LogP contribution is -2.36. The van der Waals surface area contributed by atoms with Crippen molar-refractivity contribution in [3.05, 3.63) is 0 Å². The van der Waals surface area contributed by atoms with Gasteiger partial charge < -0.3 is 10.6 Å². The van der Waals surface area contributed by atoms with Gasteiger partial charge in [0.05, 0.1) is 0 Å². The summed E-state index contributed by atoms with van der Waals surface area (Å²) in [6.07, 6.45) is 1.34. The third kappa shape index (κ3) is 3.58. The van der Waals surface area contributed by atoms with Crippen LogP contribution in [0.1, 0.15) is 34.1 Å². The summed E-state index contributed by atoms with van der Waals surface area (Å²) in [5.74, 6) is 1.61. The van der Waals surface area contributed by atoms with Gasteiger partial charge in [0.25, 0.3) is 0 Å². The van der Waals surface area contributed by atoms with E-state index >= 15 is 0 Å². The van der Waals surface area contributed by atoms with Crippen molar-refractivity contribution in [3.8, 4) is 0 Å². The number of hydrogen-bond donors (Lipinski definition) is 2. The molecule has 0 saturated carbocycles. The quantitative estimate of drug-likeness (QED) is 0.705. The molecule has 0 aromatic heterocycles. The van der Waals surface area contributed by atoms with Crippen LogP contribution >= 0.6 is 0 Å². The van der Waals surface area contributed by atoms with Gasteiger partial charge in [0, 0.05) is 6.54 Å². The summed E-state index contributed by atoms with van der Waals surface area (Å²) >= 11 is 0. The monoisotopic (exact) mass is 198 g/mol. The molecular formula is C12H26N2. The van der Waals surface area contributed by atoms with Gasteiger partial charge in [0.2, 0.25) is 0 Å². The number of nitrogens with one attached hydrogen (secondary N) is 2. The summed E-state index contributed by atoms with van der Waals surface area (Å²) in [5, 5.41) is 7.01. The van der Waals surface area contributed by atoms with Gasteiger partial charge in [-0.15, -0.1) is 0 Å². The molecule has 0 aromatic carbocycles. The Balaban J connectivity index is 2.13. The van der Waals surface area contributed by atoms with E-state index in [4.69, 9.17) is 0 Å². The lowest BCUT2D eigenvalue weighted by molar-refractivity contribution is 0.234. The van der Waals surface area contributed by atoms with Crippen molar-refractivity contribution in [1.82, 2.24) is 10.6 Å². The largest absolute Gasteiger partial charge is 0.316 e. The second-order valence-corrected chi connectivity index (χ2v) is 5.63. The van der Waals surface area contributed by atoms with E-state index in [9.17, 15) is 0 Å². The molecule has 2 nitrogen and oxygen atoms in total. The van der Waals surface area contributed by atoms with Gasteiger partial charge >= 0.3 is 0 Å².